The molecule has 0 spiro atoms. The number of likely N-dealkylation sites (tertiary alicyclic amines) is 1. The third kappa shape index (κ3) is 7.34. The molecule has 0 bridgehead atoms. The van der Waals surface area contributed by atoms with Crippen LogP contribution in [0.4, 0.5) is 18.3 Å². The number of ether oxygens (including phenoxy) is 2. The molecule has 7 nitrogen and oxygen atoms in total. The Morgan fingerprint density at radius 3 is 2.58 bits per heavy atom. The van der Waals surface area contributed by atoms with Crippen LogP contribution < -0.4 is 14.8 Å². The Morgan fingerprint density at radius 2 is 1.97 bits per heavy atom. The Kier molecular flexibility index (Phi) is 8.17. The number of aromatic nitrogens is 1. The molecule has 0 unspecified atom stereocenters. The molecule has 1 aromatic carbocycles. The maximum atomic E-state index is 12.6. The first-order valence-corrected chi connectivity index (χ1v) is 11.4. The highest BCUT2D eigenvalue weighted by Crippen LogP contribution is 2.30. The summed E-state index contributed by atoms with van der Waals surface area (Å²) in [7, 11) is 1.35. The highest BCUT2D eigenvalue weighted by Gasteiger charge is 2.29. The van der Waals surface area contributed by atoms with Crippen LogP contribution in [0.5, 0.6) is 11.5 Å². The second-order valence-corrected chi connectivity index (χ2v) is 8.69. The van der Waals surface area contributed by atoms with Gasteiger partial charge in [-0.25, -0.2) is 4.98 Å². The summed E-state index contributed by atoms with van der Waals surface area (Å²) in [5.74, 6) is -0.0754. The summed E-state index contributed by atoms with van der Waals surface area (Å²) in [5.41, 5.74) is 1.62. The average Bonchev–Trinajstić information content (AvgIpc) is 3.20. The Bertz CT molecular complexity index is 972. The highest BCUT2D eigenvalue weighted by molar-refractivity contribution is 7.13. The highest BCUT2D eigenvalue weighted by atomic mass is 32.1. The van der Waals surface area contributed by atoms with Crippen LogP contribution in [0, 0.1) is 12.8 Å². The van der Waals surface area contributed by atoms with Gasteiger partial charge in [0.25, 0.3) is 0 Å². The largest absolute Gasteiger partial charge is 0.493 e. The van der Waals surface area contributed by atoms with E-state index < -0.39 is 12.8 Å². The normalized spacial score (nSPS) is 14.8. The number of nitrogens with one attached hydrogen (secondary N) is 1. The van der Waals surface area contributed by atoms with E-state index in [0.29, 0.717) is 37.5 Å². The van der Waals surface area contributed by atoms with E-state index >= 15 is 0 Å². The monoisotopic (exact) mass is 485 g/mol. The van der Waals surface area contributed by atoms with Crippen molar-refractivity contribution in [3.63, 3.8) is 0 Å². The number of hydrogen-bond donors (Lipinski definition) is 1. The molecule has 1 aliphatic rings. The number of carbonyl (C=O) groups excluding carboxylic acids is 2. The van der Waals surface area contributed by atoms with Gasteiger partial charge in [-0.05, 0) is 43.9 Å². The standard InChI is InChI=1S/C22H26F3N3O4S/c1-14-12-33-21(26-14)27-20(30)16-7-9-28(10-8-16)19(29)6-4-15-3-5-17(18(11-15)31-2)32-13-22(23,24)25/h3,5,11-12,16H,4,6-10,13H2,1-2H3,(H,26,27,30). The topological polar surface area (TPSA) is 80.8 Å². The lowest BCUT2D eigenvalue weighted by molar-refractivity contribution is -0.153. The second-order valence-electron chi connectivity index (χ2n) is 7.83. The molecular weight excluding hydrogens is 459 g/mol. The Labute approximate surface area is 193 Å². The summed E-state index contributed by atoms with van der Waals surface area (Å²) in [6.07, 6.45) is -2.61. The third-order valence-corrected chi connectivity index (χ3v) is 6.19. The van der Waals surface area contributed by atoms with Crippen LogP contribution in [0.15, 0.2) is 23.6 Å². The molecule has 0 saturated carbocycles. The first-order valence-electron chi connectivity index (χ1n) is 10.5. The lowest BCUT2D eigenvalue weighted by atomic mass is 9.95. The van der Waals surface area contributed by atoms with Gasteiger partial charge in [-0.3, -0.25) is 9.59 Å². The molecule has 0 aliphatic carbocycles. The molecular formula is C22H26F3N3O4S. The van der Waals surface area contributed by atoms with Crippen LogP contribution in [-0.4, -0.2) is 54.7 Å². The predicted molar refractivity (Wildman–Crippen MR) is 118 cm³/mol. The molecule has 11 heteroatoms. The molecule has 2 aromatic rings. The fourth-order valence-corrected chi connectivity index (χ4v) is 4.26. The van der Waals surface area contributed by atoms with Crippen LogP contribution in [0.2, 0.25) is 0 Å². The van der Waals surface area contributed by atoms with Crippen molar-refractivity contribution in [3.8, 4) is 11.5 Å². The minimum Gasteiger partial charge on any atom is -0.493 e. The number of alkyl halides is 3. The fraction of sp³-hybridized carbons (Fsp3) is 0.500. The van der Waals surface area contributed by atoms with Gasteiger partial charge in [0.1, 0.15) is 0 Å². The summed E-state index contributed by atoms with van der Waals surface area (Å²) in [5, 5.41) is 5.29. The van der Waals surface area contributed by atoms with Crippen molar-refractivity contribution in [3.05, 3.63) is 34.8 Å². The van der Waals surface area contributed by atoms with E-state index in [1.54, 1.807) is 17.0 Å². The van der Waals surface area contributed by atoms with Crippen LogP contribution in [-0.2, 0) is 16.0 Å². The molecule has 1 fully saturated rings. The van der Waals surface area contributed by atoms with Crippen molar-refractivity contribution < 1.29 is 32.2 Å². The number of benzene rings is 1. The molecule has 2 amide bonds. The number of methoxy groups -OCH3 is 1. The molecule has 1 N–H and O–H groups in total. The number of aryl methyl sites for hydroxylation is 2. The SMILES string of the molecule is COc1cc(CCC(=O)N2CCC(C(=O)Nc3nc(C)cs3)CC2)ccc1OCC(F)(F)F. The Balaban J connectivity index is 1.46. The van der Waals surface area contributed by atoms with Crippen molar-refractivity contribution in [2.75, 3.05) is 32.1 Å². The van der Waals surface area contributed by atoms with E-state index in [9.17, 15) is 22.8 Å². The summed E-state index contributed by atoms with van der Waals surface area (Å²) >= 11 is 1.38. The number of amides is 2. The van der Waals surface area contributed by atoms with E-state index in [1.165, 1.54) is 24.5 Å². The van der Waals surface area contributed by atoms with Crippen LogP contribution >= 0.6 is 11.3 Å². The quantitative estimate of drug-likeness (QED) is 0.606. The molecule has 33 heavy (non-hydrogen) atoms. The molecule has 0 atom stereocenters. The first-order chi connectivity index (χ1) is 15.6. The van der Waals surface area contributed by atoms with Crippen LogP contribution in [0.1, 0.15) is 30.5 Å². The summed E-state index contributed by atoms with van der Waals surface area (Å²) in [6.45, 7) is 1.46. The molecule has 3 rings (SSSR count). The lowest BCUT2D eigenvalue weighted by Crippen LogP contribution is -2.41. The van der Waals surface area contributed by atoms with Crippen molar-refractivity contribution in [2.45, 2.75) is 38.8 Å². The van der Waals surface area contributed by atoms with Gasteiger partial charge in [0, 0.05) is 30.8 Å². The van der Waals surface area contributed by atoms with Crippen LogP contribution in [0.3, 0.4) is 0 Å². The number of hydrogen-bond acceptors (Lipinski definition) is 6. The number of thiazole rings is 1. The number of halogens is 3. The molecule has 1 aliphatic heterocycles. The lowest BCUT2D eigenvalue weighted by Gasteiger charge is -2.31. The Hall–Kier alpha value is -2.82. The zero-order chi connectivity index (χ0) is 24.0. The predicted octanol–water partition coefficient (Wildman–Crippen LogP) is 4.21. The minimum absolute atomic E-state index is 0.00170. The second kappa shape index (κ2) is 10.9. The number of nitrogens with zero attached hydrogens (tertiary/aromatic N) is 2. The van der Waals surface area contributed by atoms with Gasteiger partial charge >= 0.3 is 6.18 Å². The molecule has 0 radical (unpaired) electrons. The Morgan fingerprint density at radius 1 is 1.24 bits per heavy atom. The van der Waals surface area contributed by atoms with Crippen molar-refractivity contribution in [1.82, 2.24) is 9.88 Å². The molecule has 1 saturated heterocycles. The maximum absolute atomic E-state index is 12.6. The third-order valence-electron chi connectivity index (χ3n) is 5.31. The van der Waals surface area contributed by atoms with Gasteiger partial charge in [0.2, 0.25) is 11.8 Å². The van der Waals surface area contributed by atoms with Gasteiger partial charge in [-0.2, -0.15) is 13.2 Å². The molecule has 180 valence electrons. The number of rotatable bonds is 8. The van der Waals surface area contributed by atoms with E-state index in [0.717, 1.165) is 11.3 Å². The van der Waals surface area contributed by atoms with Gasteiger partial charge in [-0.15, -0.1) is 11.3 Å². The van der Waals surface area contributed by atoms with Crippen LogP contribution in [0.25, 0.3) is 0 Å². The maximum Gasteiger partial charge on any atom is 0.422 e. The summed E-state index contributed by atoms with van der Waals surface area (Å²) in [4.78, 5) is 31.0. The van der Waals surface area contributed by atoms with E-state index in [2.05, 4.69) is 10.3 Å². The van der Waals surface area contributed by atoms with Crippen molar-refractivity contribution in [2.24, 2.45) is 5.92 Å². The number of piperidine rings is 1. The zero-order valence-electron chi connectivity index (χ0n) is 18.4. The van der Waals surface area contributed by atoms with Crippen molar-refractivity contribution in [1.29, 1.82) is 0 Å². The number of carbonyl (C=O) groups is 2. The zero-order valence-corrected chi connectivity index (χ0v) is 19.2. The molecule has 1 aromatic heterocycles. The average molecular weight is 486 g/mol. The molecule has 2 heterocycles. The first kappa shape index (κ1) is 24.8. The van der Waals surface area contributed by atoms with Gasteiger partial charge < -0.3 is 19.7 Å². The summed E-state index contributed by atoms with van der Waals surface area (Å²) < 4.78 is 47.0. The van der Waals surface area contributed by atoms with Gasteiger partial charge in [0.15, 0.2) is 23.2 Å². The van der Waals surface area contributed by atoms with Crippen molar-refractivity contribution >= 4 is 28.3 Å². The smallest absolute Gasteiger partial charge is 0.422 e. The van der Waals surface area contributed by atoms with Gasteiger partial charge in [-0.1, -0.05) is 6.07 Å². The van der Waals surface area contributed by atoms with E-state index in [1.807, 2.05) is 12.3 Å². The summed E-state index contributed by atoms with van der Waals surface area (Å²) in [6, 6.07) is 4.62. The van der Waals surface area contributed by atoms with E-state index in [-0.39, 0.29) is 35.7 Å². The fourth-order valence-electron chi connectivity index (χ4n) is 3.57. The minimum atomic E-state index is -4.44. The van der Waals surface area contributed by atoms with Gasteiger partial charge in [0.05, 0.1) is 12.8 Å². The van der Waals surface area contributed by atoms with E-state index in [4.69, 9.17) is 9.47 Å². The number of anilines is 1.